The summed E-state index contributed by atoms with van der Waals surface area (Å²) in [5.41, 5.74) is -1.36. The summed E-state index contributed by atoms with van der Waals surface area (Å²) in [5.74, 6) is -0.884. The molecule has 0 saturated carbocycles. The van der Waals surface area contributed by atoms with Gasteiger partial charge in [-0.2, -0.15) is 13.2 Å². The second-order valence-corrected chi connectivity index (χ2v) is 2.34. The van der Waals surface area contributed by atoms with E-state index in [0.29, 0.717) is 0 Å². The quantitative estimate of drug-likeness (QED) is 0.534. The summed E-state index contributed by atoms with van der Waals surface area (Å²) >= 11 is 0. The predicted octanol–water partition coefficient (Wildman–Crippen LogP) is 2.95. The molecule has 0 atom stereocenters. The van der Waals surface area contributed by atoms with Crippen LogP contribution in [0.1, 0.15) is 11.1 Å². The number of rotatable bonds is 0. The van der Waals surface area contributed by atoms with Crippen LogP contribution in [0.4, 0.5) is 17.6 Å². The van der Waals surface area contributed by atoms with Crippen LogP contribution in [0.25, 0.3) is 0 Å². The van der Waals surface area contributed by atoms with E-state index in [1.807, 2.05) is 0 Å². The smallest absolute Gasteiger partial charge is 0.207 e. The van der Waals surface area contributed by atoms with E-state index in [1.54, 1.807) is 0 Å². The fraction of sp³-hybridized carbons (Fsp3) is 0.250. The third kappa shape index (κ3) is 1.57. The zero-order chi connectivity index (χ0) is 9.35. The molecule has 1 radical (unpaired) electrons. The lowest BCUT2D eigenvalue weighted by Crippen LogP contribution is -2.08. The number of alkyl halides is 3. The Bertz CT molecular complexity index is 288. The molecule has 1 rings (SSSR count). The highest BCUT2D eigenvalue weighted by molar-refractivity contribution is 5.28. The predicted molar refractivity (Wildman–Crippen MR) is 35.0 cm³/mol. The third-order valence-electron chi connectivity index (χ3n) is 1.51. The van der Waals surface area contributed by atoms with Gasteiger partial charge in [-0.05, 0) is 30.7 Å². The Morgan fingerprint density at radius 1 is 1.25 bits per heavy atom. The molecule has 0 amide bonds. The summed E-state index contributed by atoms with van der Waals surface area (Å²) < 4.78 is 48.7. The SMILES string of the molecule is Cc1c(F)c[c]cc1C(F)(F)F. The maximum atomic E-state index is 12.6. The zero-order valence-electron chi connectivity index (χ0n) is 6.17. The normalized spacial score (nSPS) is 11.8. The van der Waals surface area contributed by atoms with E-state index in [1.165, 1.54) is 0 Å². The summed E-state index contributed by atoms with van der Waals surface area (Å²) in [5, 5.41) is 0. The van der Waals surface area contributed by atoms with Gasteiger partial charge in [-0.25, -0.2) is 4.39 Å². The van der Waals surface area contributed by atoms with Crippen molar-refractivity contribution < 1.29 is 17.6 Å². The van der Waals surface area contributed by atoms with Crippen molar-refractivity contribution in [1.29, 1.82) is 0 Å². The first kappa shape index (κ1) is 9.03. The van der Waals surface area contributed by atoms with Gasteiger partial charge in [0, 0.05) is 0 Å². The maximum Gasteiger partial charge on any atom is 0.416 e. The van der Waals surface area contributed by atoms with E-state index in [9.17, 15) is 17.6 Å². The first-order valence-electron chi connectivity index (χ1n) is 3.16. The molecule has 0 aliphatic heterocycles. The van der Waals surface area contributed by atoms with Gasteiger partial charge in [-0.3, -0.25) is 0 Å². The minimum Gasteiger partial charge on any atom is -0.207 e. The molecule has 0 nitrogen and oxygen atoms in total. The van der Waals surface area contributed by atoms with E-state index in [4.69, 9.17) is 0 Å². The van der Waals surface area contributed by atoms with Crippen LogP contribution in [0.3, 0.4) is 0 Å². The molecule has 0 bridgehead atoms. The average Bonchev–Trinajstić information content (AvgIpc) is 1.92. The van der Waals surface area contributed by atoms with Crippen LogP contribution < -0.4 is 0 Å². The molecule has 1 aromatic rings. The standard InChI is InChI=1S/C8H5F4/c1-5-6(8(10,11)12)3-2-4-7(5)9/h3-4H,1H3. The highest BCUT2D eigenvalue weighted by Crippen LogP contribution is 2.32. The van der Waals surface area contributed by atoms with Crippen LogP contribution in [-0.2, 0) is 6.18 Å². The second-order valence-electron chi connectivity index (χ2n) is 2.34. The van der Waals surface area contributed by atoms with Crippen LogP contribution in [0.2, 0.25) is 0 Å². The van der Waals surface area contributed by atoms with Crippen molar-refractivity contribution in [1.82, 2.24) is 0 Å². The lowest BCUT2D eigenvalue weighted by molar-refractivity contribution is -0.138. The monoisotopic (exact) mass is 177 g/mol. The third-order valence-corrected chi connectivity index (χ3v) is 1.51. The number of benzene rings is 1. The van der Waals surface area contributed by atoms with Crippen molar-refractivity contribution >= 4 is 0 Å². The molecule has 4 heteroatoms. The second kappa shape index (κ2) is 2.77. The van der Waals surface area contributed by atoms with Gasteiger partial charge in [0.05, 0.1) is 5.56 Å². The van der Waals surface area contributed by atoms with E-state index in [-0.39, 0.29) is 5.56 Å². The summed E-state index contributed by atoms with van der Waals surface area (Å²) in [7, 11) is 0. The van der Waals surface area contributed by atoms with Crippen molar-refractivity contribution in [2.75, 3.05) is 0 Å². The number of hydrogen-bond acceptors (Lipinski definition) is 0. The largest absolute Gasteiger partial charge is 0.416 e. The highest BCUT2D eigenvalue weighted by Gasteiger charge is 2.32. The van der Waals surface area contributed by atoms with E-state index in [0.717, 1.165) is 19.1 Å². The maximum absolute atomic E-state index is 12.6. The first-order valence-corrected chi connectivity index (χ1v) is 3.16. The zero-order valence-corrected chi connectivity index (χ0v) is 6.17. The van der Waals surface area contributed by atoms with Gasteiger partial charge >= 0.3 is 6.18 Å². The highest BCUT2D eigenvalue weighted by atomic mass is 19.4. The van der Waals surface area contributed by atoms with Gasteiger partial charge in [-0.15, -0.1) is 0 Å². The molecule has 0 aromatic heterocycles. The lowest BCUT2D eigenvalue weighted by atomic mass is 10.1. The van der Waals surface area contributed by atoms with Crippen LogP contribution in [0.5, 0.6) is 0 Å². The van der Waals surface area contributed by atoms with Crippen LogP contribution in [0, 0.1) is 18.8 Å². The molecule has 0 saturated heterocycles. The molecule has 0 fully saturated rings. The molecule has 0 N–H and O–H groups in total. The molecular formula is C8H5F4. The Hall–Kier alpha value is -1.06. The Balaban J connectivity index is 3.26. The van der Waals surface area contributed by atoms with E-state index < -0.39 is 17.6 Å². The van der Waals surface area contributed by atoms with Crippen molar-refractivity contribution in [2.45, 2.75) is 13.1 Å². The van der Waals surface area contributed by atoms with Gasteiger partial charge < -0.3 is 0 Å². The fourth-order valence-corrected chi connectivity index (χ4v) is 0.838. The van der Waals surface area contributed by atoms with Crippen LogP contribution in [0.15, 0.2) is 12.1 Å². The fourth-order valence-electron chi connectivity index (χ4n) is 0.838. The summed E-state index contributed by atoms with van der Waals surface area (Å²) in [4.78, 5) is 0. The summed E-state index contributed by atoms with van der Waals surface area (Å²) in [6, 6.07) is 3.70. The number of halogens is 4. The van der Waals surface area contributed by atoms with Crippen molar-refractivity contribution in [2.24, 2.45) is 0 Å². The molecule has 12 heavy (non-hydrogen) atoms. The molecule has 0 heterocycles. The molecule has 1 aromatic carbocycles. The Morgan fingerprint density at radius 2 is 1.83 bits per heavy atom. The molecule has 0 unspecified atom stereocenters. The van der Waals surface area contributed by atoms with Crippen LogP contribution in [-0.4, -0.2) is 0 Å². The Morgan fingerprint density at radius 3 is 2.25 bits per heavy atom. The molecule has 0 spiro atoms. The Labute approximate surface area is 66.8 Å². The topological polar surface area (TPSA) is 0 Å². The van der Waals surface area contributed by atoms with Crippen molar-refractivity contribution in [3.05, 3.63) is 35.1 Å². The van der Waals surface area contributed by atoms with Crippen molar-refractivity contribution in [3.8, 4) is 0 Å². The van der Waals surface area contributed by atoms with Crippen LogP contribution >= 0.6 is 0 Å². The lowest BCUT2D eigenvalue weighted by Gasteiger charge is -2.09. The van der Waals surface area contributed by atoms with Gasteiger partial charge in [0.2, 0.25) is 0 Å². The van der Waals surface area contributed by atoms with E-state index >= 15 is 0 Å². The van der Waals surface area contributed by atoms with Gasteiger partial charge in [0.25, 0.3) is 0 Å². The Kier molecular flexibility index (Phi) is 2.08. The molecule has 0 aliphatic carbocycles. The average molecular weight is 177 g/mol. The van der Waals surface area contributed by atoms with Gasteiger partial charge in [-0.1, -0.05) is 0 Å². The molecule has 0 aliphatic rings. The van der Waals surface area contributed by atoms with E-state index in [2.05, 4.69) is 6.07 Å². The van der Waals surface area contributed by atoms with Gasteiger partial charge in [0.1, 0.15) is 5.82 Å². The number of hydrogen-bond donors (Lipinski definition) is 0. The molecular weight excluding hydrogens is 172 g/mol. The van der Waals surface area contributed by atoms with Gasteiger partial charge in [0.15, 0.2) is 0 Å². The minimum absolute atomic E-state index is 0.388. The van der Waals surface area contributed by atoms with Crippen molar-refractivity contribution in [3.63, 3.8) is 0 Å². The molecule has 65 valence electrons. The minimum atomic E-state index is -4.50. The first-order chi connectivity index (χ1) is 5.43. The summed E-state index contributed by atoms with van der Waals surface area (Å²) in [6.07, 6.45) is -4.50. The summed E-state index contributed by atoms with van der Waals surface area (Å²) in [6.45, 7) is 1.09.